The Hall–Kier alpha value is -3.68. The molecule has 0 atom stereocenters. The third-order valence-corrected chi connectivity index (χ3v) is 6.86. The number of carbonyl (C=O) groups excluding carboxylic acids is 2. The lowest BCUT2D eigenvalue weighted by atomic mass is 9.78. The SMILES string of the molecule is CCCCN(CCCC)C1=CC(=O)/C(=C2/C(=O)C(c3c(O)cc(N(CCC)CCC)cc3O)=C2O)C(O)=C1. The van der Waals surface area contributed by atoms with E-state index in [1.807, 2.05) is 23.6 Å². The summed E-state index contributed by atoms with van der Waals surface area (Å²) in [5, 5.41) is 43.0. The molecule has 0 amide bonds. The number of hydrogen-bond acceptors (Lipinski definition) is 8. The summed E-state index contributed by atoms with van der Waals surface area (Å²) in [5.74, 6) is -2.94. The van der Waals surface area contributed by atoms with Gasteiger partial charge in [-0.2, -0.15) is 0 Å². The topological polar surface area (TPSA) is 122 Å². The van der Waals surface area contributed by atoms with E-state index < -0.39 is 23.1 Å². The molecule has 2 aliphatic rings. The van der Waals surface area contributed by atoms with Crippen LogP contribution in [0.4, 0.5) is 5.69 Å². The third kappa shape index (κ3) is 5.74. The fourth-order valence-corrected chi connectivity index (χ4v) is 4.90. The largest absolute Gasteiger partial charge is 0.507 e. The van der Waals surface area contributed by atoms with E-state index in [2.05, 4.69) is 13.8 Å². The second kappa shape index (κ2) is 12.7. The fraction of sp³-hybridized carbons (Fsp3) is 0.467. The van der Waals surface area contributed by atoms with Gasteiger partial charge in [-0.25, -0.2) is 0 Å². The summed E-state index contributed by atoms with van der Waals surface area (Å²) in [6.07, 6.45) is 8.43. The number of hydrogen-bond donors (Lipinski definition) is 4. The Kier molecular flexibility index (Phi) is 9.66. The average molecular weight is 525 g/mol. The lowest BCUT2D eigenvalue weighted by molar-refractivity contribution is -0.114. The Morgan fingerprint density at radius 2 is 1.21 bits per heavy atom. The van der Waals surface area contributed by atoms with Gasteiger partial charge in [0.15, 0.2) is 5.78 Å². The molecule has 8 heteroatoms. The first-order valence-corrected chi connectivity index (χ1v) is 13.7. The van der Waals surface area contributed by atoms with Gasteiger partial charge in [0.25, 0.3) is 0 Å². The van der Waals surface area contributed by atoms with E-state index in [4.69, 9.17) is 0 Å². The molecule has 0 spiro atoms. The van der Waals surface area contributed by atoms with Crippen molar-refractivity contribution in [2.75, 3.05) is 31.1 Å². The number of rotatable bonds is 13. The second-order valence-corrected chi connectivity index (χ2v) is 9.81. The molecule has 4 N–H and O–H groups in total. The molecule has 0 heterocycles. The van der Waals surface area contributed by atoms with E-state index in [0.717, 1.165) is 64.7 Å². The molecule has 8 nitrogen and oxygen atoms in total. The van der Waals surface area contributed by atoms with Crippen molar-refractivity contribution in [3.05, 3.63) is 58.2 Å². The number of aromatic hydroxyl groups is 2. The minimum atomic E-state index is -0.728. The van der Waals surface area contributed by atoms with Crippen molar-refractivity contribution < 1.29 is 30.0 Å². The van der Waals surface area contributed by atoms with Crippen LogP contribution in [0.5, 0.6) is 11.5 Å². The number of phenols is 2. The molecular weight excluding hydrogens is 484 g/mol. The maximum atomic E-state index is 13.2. The van der Waals surface area contributed by atoms with E-state index in [1.165, 1.54) is 24.3 Å². The molecule has 0 radical (unpaired) electrons. The van der Waals surface area contributed by atoms with Gasteiger partial charge >= 0.3 is 0 Å². The number of phenolic OH excluding ortho intramolecular Hbond substituents is 2. The number of allylic oxidation sites excluding steroid dienone is 5. The van der Waals surface area contributed by atoms with Gasteiger partial charge in [0.05, 0.1) is 22.3 Å². The highest BCUT2D eigenvalue weighted by atomic mass is 16.3. The van der Waals surface area contributed by atoms with E-state index in [1.54, 1.807) is 0 Å². The lowest BCUT2D eigenvalue weighted by Gasteiger charge is -2.30. The van der Waals surface area contributed by atoms with Gasteiger partial charge in [-0.15, -0.1) is 0 Å². The van der Waals surface area contributed by atoms with Crippen molar-refractivity contribution in [1.29, 1.82) is 0 Å². The van der Waals surface area contributed by atoms with Crippen LogP contribution in [0.2, 0.25) is 0 Å². The number of nitrogens with zero attached hydrogens (tertiary/aromatic N) is 2. The fourth-order valence-electron chi connectivity index (χ4n) is 4.90. The van der Waals surface area contributed by atoms with Crippen molar-refractivity contribution in [2.45, 2.75) is 66.2 Å². The summed E-state index contributed by atoms with van der Waals surface area (Å²) in [6, 6.07) is 2.91. The molecule has 1 aromatic carbocycles. The lowest BCUT2D eigenvalue weighted by Crippen LogP contribution is -2.30. The van der Waals surface area contributed by atoms with E-state index in [0.29, 0.717) is 11.4 Å². The number of anilines is 1. The van der Waals surface area contributed by atoms with Crippen LogP contribution in [0.15, 0.2) is 52.6 Å². The smallest absolute Gasteiger partial charge is 0.202 e. The molecule has 3 rings (SSSR count). The van der Waals surface area contributed by atoms with Gasteiger partial charge in [-0.05, 0) is 25.7 Å². The number of aliphatic hydroxyl groups excluding tert-OH is 2. The zero-order valence-corrected chi connectivity index (χ0v) is 22.9. The average Bonchev–Trinajstić information content (AvgIpc) is 2.87. The summed E-state index contributed by atoms with van der Waals surface area (Å²) < 4.78 is 0. The van der Waals surface area contributed by atoms with Crippen molar-refractivity contribution in [2.24, 2.45) is 0 Å². The van der Waals surface area contributed by atoms with Gasteiger partial charge < -0.3 is 30.2 Å². The number of Topliss-reactive ketones (excluding diaryl/α,β-unsaturated/α-hetero) is 1. The summed E-state index contributed by atoms with van der Waals surface area (Å²) in [4.78, 5) is 30.3. The molecule has 2 aliphatic carbocycles. The van der Waals surface area contributed by atoms with Crippen LogP contribution in [-0.4, -0.2) is 63.1 Å². The van der Waals surface area contributed by atoms with E-state index in [9.17, 15) is 30.0 Å². The first-order valence-electron chi connectivity index (χ1n) is 13.7. The molecule has 0 saturated heterocycles. The summed E-state index contributed by atoms with van der Waals surface area (Å²) in [6.45, 7) is 11.2. The normalized spacial score (nSPS) is 17.4. The van der Waals surface area contributed by atoms with Crippen molar-refractivity contribution >= 4 is 22.8 Å². The highest BCUT2D eigenvalue weighted by Crippen LogP contribution is 2.47. The number of aliphatic hydroxyl groups is 2. The van der Waals surface area contributed by atoms with Gasteiger partial charge in [0.1, 0.15) is 23.0 Å². The molecule has 0 aliphatic heterocycles. The zero-order valence-electron chi connectivity index (χ0n) is 22.9. The minimum absolute atomic E-state index is 0.193. The molecular formula is C30H40N2O6. The standard InChI is InChI=1S/C30H40N2O6/c1-5-9-13-32(14-10-6-2)20-17-23(35)26(24(36)18-20)28-29(37)27(30(28)38)25-21(33)15-19(16-22(25)34)31(11-7-3)12-8-4/h15-18,33-35,37H,5-14H2,1-4H3/b28-26+. The quantitative estimate of drug-likeness (QED) is 0.243. The maximum absolute atomic E-state index is 13.2. The highest BCUT2D eigenvalue weighted by Gasteiger charge is 2.42. The predicted octanol–water partition coefficient (Wildman–Crippen LogP) is 5.68. The van der Waals surface area contributed by atoms with E-state index >= 15 is 0 Å². The van der Waals surface area contributed by atoms with Crippen LogP contribution < -0.4 is 4.90 Å². The summed E-state index contributed by atoms with van der Waals surface area (Å²) >= 11 is 0. The Bertz CT molecular complexity index is 1170. The molecule has 0 aromatic heterocycles. The van der Waals surface area contributed by atoms with E-state index in [-0.39, 0.29) is 33.8 Å². The van der Waals surface area contributed by atoms with Crippen LogP contribution in [0.1, 0.15) is 71.8 Å². The van der Waals surface area contributed by atoms with Crippen molar-refractivity contribution in [3.63, 3.8) is 0 Å². The van der Waals surface area contributed by atoms with Crippen LogP contribution in [0.3, 0.4) is 0 Å². The Labute approximate surface area is 224 Å². The minimum Gasteiger partial charge on any atom is -0.507 e. The zero-order chi connectivity index (χ0) is 28.0. The van der Waals surface area contributed by atoms with Gasteiger partial charge in [-0.3, -0.25) is 9.59 Å². The number of unbranched alkanes of at least 4 members (excludes halogenated alkanes) is 2. The van der Waals surface area contributed by atoms with Gasteiger partial charge in [0, 0.05) is 61.8 Å². The number of carbonyl (C=O) groups is 2. The van der Waals surface area contributed by atoms with Gasteiger partial charge in [0.2, 0.25) is 5.78 Å². The summed E-state index contributed by atoms with van der Waals surface area (Å²) in [5.41, 5.74) is 0.108. The third-order valence-electron chi connectivity index (χ3n) is 6.86. The Balaban J connectivity index is 1.98. The van der Waals surface area contributed by atoms with Gasteiger partial charge in [-0.1, -0.05) is 40.5 Å². The van der Waals surface area contributed by atoms with Crippen molar-refractivity contribution in [1.82, 2.24) is 4.90 Å². The summed E-state index contributed by atoms with van der Waals surface area (Å²) in [7, 11) is 0. The molecule has 206 valence electrons. The number of ketones is 2. The second-order valence-electron chi connectivity index (χ2n) is 9.81. The number of benzene rings is 1. The Morgan fingerprint density at radius 3 is 1.66 bits per heavy atom. The Morgan fingerprint density at radius 1 is 0.658 bits per heavy atom. The molecule has 0 bridgehead atoms. The van der Waals surface area contributed by atoms with Crippen LogP contribution in [0.25, 0.3) is 5.57 Å². The van der Waals surface area contributed by atoms with Crippen LogP contribution in [0, 0.1) is 0 Å². The predicted molar refractivity (Wildman–Crippen MR) is 149 cm³/mol. The first-order chi connectivity index (χ1) is 18.2. The molecule has 0 fully saturated rings. The monoisotopic (exact) mass is 524 g/mol. The highest BCUT2D eigenvalue weighted by molar-refractivity contribution is 6.42. The molecule has 1 aromatic rings. The molecule has 0 saturated carbocycles. The van der Waals surface area contributed by atoms with Crippen LogP contribution >= 0.6 is 0 Å². The first kappa shape index (κ1) is 28.9. The van der Waals surface area contributed by atoms with Crippen molar-refractivity contribution in [3.8, 4) is 11.5 Å². The molecule has 38 heavy (non-hydrogen) atoms. The maximum Gasteiger partial charge on any atom is 0.202 e. The van der Waals surface area contributed by atoms with Crippen LogP contribution in [-0.2, 0) is 9.59 Å². The molecule has 0 unspecified atom stereocenters.